The van der Waals surface area contributed by atoms with Gasteiger partial charge in [-0.25, -0.2) is 0 Å². The van der Waals surface area contributed by atoms with E-state index in [0.717, 1.165) is 9.79 Å². The van der Waals surface area contributed by atoms with Crippen LogP contribution in [0.3, 0.4) is 0 Å². The topological polar surface area (TPSA) is 34.1 Å². The van der Waals surface area contributed by atoms with E-state index in [9.17, 15) is 8.42 Å². The van der Waals surface area contributed by atoms with Gasteiger partial charge in [0.2, 0.25) is 0 Å². The molecule has 0 radical (unpaired) electrons. The SMILES string of the molecule is Cc1ccc(S(=O)CBr)cc1.Cc1ccc(S(C)=O)cc1. The molecule has 2 nitrogen and oxygen atoms in total. The minimum Gasteiger partial charge on any atom is -0.255 e. The molecule has 0 N–H and O–H groups in total. The van der Waals surface area contributed by atoms with Gasteiger partial charge in [-0.05, 0) is 38.1 Å². The fraction of sp³-hybridized carbons (Fsp3) is 0.250. The van der Waals surface area contributed by atoms with E-state index in [0.29, 0.717) is 4.66 Å². The van der Waals surface area contributed by atoms with Crippen LogP contribution >= 0.6 is 15.9 Å². The van der Waals surface area contributed by atoms with Crippen molar-refractivity contribution in [1.29, 1.82) is 0 Å². The van der Waals surface area contributed by atoms with Crippen LogP contribution in [0.2, 0.25) is 0 Å². The number of rotatable bonds is 3. The van der Waals surface area contributed by atoms with Crippen LogP contribution in [0.15, 0.2) is 58.3 Å². The third kappa shape index (κ3) is 6.68. The van der Waals surface area contributed by atoms with Gasteiger partial charge in [-0.2, -0.15) is 0 Å². The molecule has 0 aliphatic carbocycles. The Morgan fingerprint density at radius 3 is 1.52 bits per heavy atom. The highest BCUT2D eigenvalue weighted by Gasteiger charge is 1.99. The lowest BCUT2D eigenvalue weighted by molar-refractivity contribution is 0.685. The summed E-state index contributed by atoms with van der Waals surface area (Å²) >= 11 is 3.17. The Labute approximate surface area is 140 Å². The van der Waals surface area contributed by atoms with E-state index >= 15 is 0 Å². The van der Waals surface area contributed by atoms with E-state index in [1.165, 1.54) is 11.1 Å². The number of hydrogen-bond acceptors (Lipinski definition) is 2. The van der Waals surface area contributed by atoms with Crippen molar-refractivity contribution in [3.05, 3.63) is 59.7 Å². The first-order chi connectivity index (χ1) is 9.93. The standard InChI is InChI=1S/C8H9BrOS.C8H10OS/c1-7-2-4-8(5-3-7)11(10)6-9;1-7-3-5-8(6-4-7)10(2)9/h2-5H,6H2,1H3;3-6H,1-2H3. The minimum absolute atomic E-state index is 0.510. The second kappa shape index (κ2) is 9.28. The zero-order valence-electron chi connectivity index (χ0n) is 12.3. The molecule has 114 valence electrons. The predicted octanol–water partition coefficient (Wildman–Crippen LogP) is 4.19. The average molecular weight is 387 g/mol. The van der Waals surface area contributed by atoms with Gasteiger partial charge in [0.25, 0.3) is 0 Å². The quantitative estimate of drug-likeness (QED) is 0.741. The molecule has 2 aromatic rings. The Hall–Kier alpha value is -0.780. The molecule has 0 heterocycles. The van der Waals surface area contributed by atoms with Gasteiger partial charge in [0.05, 0.1) is 15.5 Å². The lowest BCUT2D eigenvalue weighted by Gasteiger charge is -1.97. The zero-order chi connectivity index (χ0) is 15.8. The van der Waals surface area contributed by atoms with E-state index in [1.807, 2.05) is 62.4 Å². The Morgan fingerprint density at radius 2 is 1.19 bits per heavy atom. The Balaban J connectivity index is 0.000000211. The third-order valence-electron chi connectivity index (χ3n) is 2.74. The molecule has 0 spiro atoms. The molecule has 0 aromatic heterocycles. The molecule has 0 fully saturated rings. The molecule has 5 heteroatoms. The van der Waals surface area contributed by atoms with Gasteiger partial charge in [-0.3, -0.25) is 8.42 Å². The summed E-state index contributed by atoms with van der Waals surface area (Å²) in [5.41, 5.74) is 2.40. The summed E-state index contributed by atoms with van der Waals surface area (Å²) in [7, 11) is -1.72. The van der Waals surface area contributed by atoms with Crippen LogP contribution in [-0.2, 0) is 21.6 Å². The lowest BCUT2D eigenvalue weighted by Crippen LogP contribution is -1.90. The summed E-state index contributed by atoms with van der Waals surface area (Å²) in [4.78, 5) is 1.78. The monoisotopic (exact) mass is 386 g/mol. The van der Waals surface area contributed by atoms with Gasteiger partial charge in [0, 0.05) is 26.8 Å². The fourth-order valence-electron chi connectivity index (χ4n) is 1.48. The van der Waals surface area contributed by atoms with Crippen molar-refractivity contribution in [1.82, 2.24) is 0 Å². The van der Waals surface area contributed by atoms with Crippen molar-refractivity contribution < 1.29 is 8.42 Å². The van der Waals surface area contributed by atoms with E-state index in [1.54, 1.807) is 6.26 Å². The second-order valence-electron chi connectivity index (χ2n) is 4.53. The van der Waals surface area contributed by atoms with E-state index in [-0.39, 0.29) is 0 Å². The first-order valence-corrected chi connectivity index (χ1v) is 10.3. The van der Waals surface area contributed by atoms with Gasteiger partial charge in [0.15, 0.2) is 0 Å². The summed E-state index contributed by atoms with van der Waals surface area (Å²) in [6.45, 7) is 4.03. The molecule has 0 saturated carbocycles. The average Bonchev–Trinajstić information content (AvgIpc) is 2.48. The lowest BCUT2D eigenvalue weighted by atomic mass is 10.2. The van der Waals surface area contributed by atoms with E-state index in [2.05, 4.69) is 15.9 Å². The van der Waals surface area contributed by atoms with Crippen molar-refractivity contribution in [2.45, 2.75) is 23.6 Å². The maximum atomic E-state index is 11.2. The summed E-state index contributed by atoms with van der Waals surface area (Å²) in [5, 5.41) is 0. The first-order valence-electron chi connectivity index (χ1n) is 6.35. The Bertz CT molecular complexity index is 607. The molecule has 0 bridgehead atoms. The van der Waals surface area contributed by atoms with Crippen LogP contribution in [0, 0.1) is 13.8 Å². The number of alkyl halides is 1. The van der Waals surface area contributed by atoms with Crippen molar-refractivity contribution >= 4 is 37.5 Å². The molecule has 0 aliphatic heterocycles. The number of benzene rings is 2. The summed E-state index contributed by atoms with van der Waals surface area (Å²) in [6.07, 6.45) is 1.69. The third-order valence-corrected chi connectivity index (χ3v) is 5.92. The molecular weight excluding hydrogens is 368 g/mol. The highest BCUT2D eigenvalue weighted by Crippen LogP contribution is 2.09. The highest BCUT2D eigenvalue weighted by molar-refractivity contribution is 9.10. The molecule has 0 amide bonds. The number of halogens is 1. The first kappa shape index (κ1) is 18.3. The van der Waals surface area contributed by atoms with Gasteiger partial charge >= 0.3 is 0 Å². The smallest absolute Gasteiger partial charge is 0.0836 e. The summed E-state index contributed by atoms with van der Waals surface area (Å²) < 4.78 is 22.6. The van der Waals surface area contributed by atoms with Crippen LogP contribution in [0.25, 0.3) is 0 Å². The Kier molecular flexibility index (Phi) is 8.07. The molecule has 2 rings (SSSR count). The number of hydrogen-bond donors (Lipinski definition) is 0. The maximum Gasteiger partial charge on any atom is 0.0836 e. The van der Waals surface area contributed by atoms with Crippen LogP contribution in [-0.4, -0.2) is 19.3 Å². The van der Waals surface area contributed by atoms with Crippen molar-refractivity contribution in [2.75, 3.05) is 10.9 Å². The van der Waals surface area contributed by atoms with Gasteiger partial charge in [0.1, 0.15) is 0 Å². The van der Waals surface area contributed by atoms with Gasteiger partial charge in [-0.1, -0.05) is 51.3 Å². The molecule has 2 atom stereocenters. The van der Waals surface area contributed by atoms with Crippen LogP contribution in [0.4, 0.5) is 0 Å². The molecule has 2 unspecified atom stereocenters. The van der Waals surface area contributed by atoms with E-state index < -0.39 is 21.6 Å². The molecule has 21 heavy (non-hydrogen) atoms. The van der Waals surface area contributed by atoms with Crippen LogP contribution in [0.5, 0.6) is 0 Å². The summed E-state index contributed by atoms with van der Waals surface area (Å²) in [6, 6.07) is 15.5. The van der Waals surface area contributed by atoms with E-state index in [4.69, 9.17) is 0 Å². The largest absolute Gasteiger partial charge is 0.255 e. The maximum absolute atomic E-state index is 11.2. The van der Waals surface area contributed by atoms with Crippen LogP contribution < -0.4 is 0 Å². The van der Waals surface area contributed by atoms with Crippen molar-refractivity contribution in [3.8, 4) is 0 Å². The zero-order valence-corrected chi connectivity index (χ0v) is 15.6. The Morgan fingerprint density at radius 1 is 0.810 bits per heavy atom. The second-order valence-corrected chi connectivity index (χ2v) is 8.67. The van der Waals surface area contributed by atoms with Crippen LogP contribution in [0.1, 0.15) is 11.1 Å². The molecule has 0 aliphatic rings. The molecule has 2 aromatic carbocycles. The molecular formula is C16H19BrO2S2. The van der Waals surface area contributed by atoms with Crippen molar-refractivity contribution in [3.63, 3.8) is 0 Å². The number of aryl methyl sites for hydroxylation is 2. The molecule has 0 saturated heterocycles. The fourth-order valence-corrected chi connectivity index (χ4v) is 3.36. The predicted molar refractivity (Wildman–Crippen MR) is 94.9 cm³/mol. The van der Waals surface area contributed by atoms with Crippen molar-refractivity contribution in [2.24, 2.45) is 0 Å². The highest BCUT2D eigenvalue weighted by atomic mass is 79.9. The normalized spacial score (nSPS) is 13.0. The summed E-state index contributed by atoms with van der Waals surface area (Å²) in [5.74, 6) is 0. The van der Waals surface area contributed by atoms with Gasteiger partial charge in [-0.15, -0.1) is 0 Å². The van der Waals surface area contributed by atoms with Gasteiger partial charge < -0.3 is 0 Å². The minimum atomic E-state index is -0.882.